The number of halogens is 2. The average Bonchev–Trinajstić information content (AvgIpc) is 2.16. The van der Waals surface area contributed by atoms with Gasteiger partial charge in [0.1, 0.15) is 0 Å². The lowest BCUT2D eigenvalue weighted by molar-refractivity contribution is 0.0807. The van der Waals surface area contributed by atoms with E-state index in [-0.39, 0.29) is 6.10 Å². The zero-order valence-corrected chi connectivity index (χ0v) is 9.81. The molecule has 0 aromatic heterocycles. The molecule has 0 fully saturated rings. The fourth-order valence-electron chi connectivity index (χ4n) is 1.11. The number of ether oxygens (including phenoxy) is 1. The molecule has 1 nitrogen and oxygen atoms in total. The van der Waals surface area contributed by atoms with Gasteiger partial charge in [0.05, 0.1) is 6.10 Å². The third-order valence-electron chi connectivity index (χ3n) is 1.75. The second kappa shape index (κ2) is 5.63. The van der Waals surface area contributed by atoms with E-state index in [0.29, 0.717) is 0 Å². The van der Waals surface area contributed by atoms with Crippen molar-refractivity contribution in [2.45, 2.75) is 13.0 Å². The largest absolute Gasteiger partial charge is 0.373 e. The Hall–Kier alpha value is -0.0500. The predicted molar refractivity (Wildman–Crippen MR) is 59.6 cm³/mol. The lowest BCUT2D eigenvalue weighted by atomic mass is 10.1. The van der Waals surface area contributed by atoms with Crippen molar-refractivity contribution in [3.63, 3.8) is 0 Å². The topological polar surface area (TPSA) is 9.23 Å². The van der Waals surface area contributed by atoms with Crippen molar-refractivity contribution in [1.82, 2.24) is 0 Å². The zero-order valence-electron chi connectivity index (χ0n) is 7.47. The summed E-state index contributed by atoms with van der Waals surface area (Å²) in [5.74, 6) is 0. The number of benzene rings is 1. The molecule has 0 aliphatic rings. The van der Waals surface area contributed by atoms with E-state index in [1.54, 1.807) is 0 Å². The van der Waals surface area contributed by atoms with Crippen LogP contribution >= 0.6 is 27.5 Å². The van der Waals surface area contributed by atoms with E-state index in [2.05, 4.69) is 15.9 Å². The highest BCUT2D eigenvalue weighted by molar-refractivity contribution is 9.09. The van der Waals surface area contributed by atoms with Gasteiger partial charge in [-0.2, -0.15) is 0 Å². The summed E-state index contributed by atoms with van der Waals surface area (Å²) in [7, 11) is 0. The molecule has 3 heteroatoms. The molecule has 1 aromatic carbocycles. The van der Waals surface area contributed by atoms with Gasteiger partial charge in [-0.3, -0.25) is 0 Å². The quantitative estimate of drug-likeness (QED) is 0.751. The molecule has 0 spiro atoms. The van der Waals surface area contributed by atoms with Crippen molar-refractivity contribution < 1.29 is 4.74 Å². The van der Waals surface area contributed by atoms with Gasteiger partial charge in [-0.05, 0) is 24.6 Å². The molecule has 0 saturated carbocycles. The van der Waals surface area contributed by atoms with E-state index in [1.807, 2.05) is 31.2 Å². The fourth-order valence-corrected chi connectivity index (χ4v) is 1.80. The van der Waals surface area contributed by atoms with Gasteiger partial charge in [0.25, 0.3) is 0 Å². The summed E-state index contributed by atoms with van der Waals surface area (Å²) in [4.78, 5) is 0. The van der Waals surface area contributed by atoms with Gasteiger partial charge in [-0.15, -0.1) is 0 Å². The van der Waals surface area contributed by atoms with E-state index in [1.165, 1.54) is 0 Å². The highest BCUT2D eigenvalue weighted by atomic mass is 79.9. The van der Waals surface area contributed by atoms with Crippen LogP contribution in [0.2, 0.25) is 5.02 Å². The molecule has 0 bridgehead atoms. The summed E-state index contributed by atoms with van der Waals surface area (Å²) >= 11 is 9.20. The number of rotatable bonds is 4. The standard InChI is InChI=1S/C10H12BrClO/c1-2-13-10(7-11)8-3-5-9(12)6-4-8/h3-6,10H,2,7H2,1H3. The van der Waals surface area contributed by atoms with E-state index in [0.717, 1.165) is 22.5 Å². The Balaban J connectivity index is 2.73. The second-order valence-corrected chi connectivity index (χ2v) is 3.73. The summed E-state index contributed by atoms with van der Waals surface area (Å²) in [6.07, 6.45) is 0.127. The van der Waals surface area contributed by atoms with Gasteiger partial charge in [-0.25, -0.2) is 0 Å². The number of alkyl halides is 1. The first-order valence-electron chi connectivity index (χ1n) is 4.21. The van der Waals surface area contributed by atoms with Crippen LogP contribution in [0.15, 0.2) is 24.3 Å². The third kappa shape index (κ3) is 3.29. The van der Waals surface area contributed by atoms with Crippen LogP contribution in [0.4, 0.5) is 0 Å². The first kappa shape index (κ1) is 11.0. The van der Waals surface area contributed by atoms with Crippen LogP contribution in [0.1, 0.15) is 18.6 Å². The smallest absolute Gasteiger partial charge is 0.0921 e. The van der Waals surface area contributed by atoms with E-state index in [4.69, 9.17) is 16.3 Å². The Morgan fingerprint density at radius 1 is 1.38 bits per heavy atom. The van der Waals surface area contributed by atoms with E-state index in [9.17, 15) is 0 Å². The SMILES string of the molecule is CCOC(CBr)c1ccc(Cl)cc1. The van der Waals surface area contributed by atoms with Crippen molar-refractivity contribution in [3.05, 3.63) is 34.9 Å². The molecule has 1 rings (SSSR count). The Morgan fingerprint density at radius 3 is 2.46 bits per heavy atom. The van der Waals surface area contributed by atoms with Crippen molar-refractivity contribution in [1.29, 1.82) is 0 Å². The molecule has 1 unspecified atom stereocenters. The fraction of sp³-hybridized carbons (Fsp3) is 0.400. The maximum atomic E-state index is 5.78. The van der Waals surface area contributed by atoms with Gasteiger partial charge in [0, 0.05) is 17.0 Å². The van der Waals surface area contributed by atoms with Crippen molar-refractivity contribution >= 4 is 27.5 Å². The van der Waals surface area contributed by atoms with Crippen LogP contribution in [0.3, 0.4) is 0 Å². The van der Waals surface area contributed by atoms with Gasteiger partial charge in [-0.1, -0.05) is 39.7 Å². The molecule has 0 amide bonds. The van der Waals surface area contributed by atoms with E-state index >= 15 is 0 Å². The molecule has 0 aliphatic heterocycles. The lowest BCUT2D eigenvalue weighted by Gasteiger charge is -2.14. The molecule has 13 heavy (non-hydrogen) atoms. The van der Waals surface area contributed by atoms with Crippen LogP contribution in [-0.4, -0.2) is 11.9 Å². The highest BCUT2D eigenvalue weighted by Crippen LogP contribution is 2.21. The molecule has 1 atom stereocenters. The van der Waals surface area contributed by atoms with Crippen molar-refractivity contribution in [2.75, 3.05) is 11.9 Å². The maximum absolute atomic E-state index is 5.78. The van der Waals surface area contributed by atoms with Crippen LogP contribution in [0, 0.1) is 0 Å². The first-order chi connectivity index (χ1) is 6.27. The first-order valence-corrected chi connectivity index (χ1v) is 5.71. The second-order valence-electron chi connectivity index (χ2n) is 2.65. The summed E-state index contributed by atoms with van der Waals surface area (Å²) in [5, 5.41) is 1.57. The zero-order chi connectivity index (χ0) is 9.68. The predicted octanol–water partition coefficient (Wildman–Crippen LogP) is 3.81. The van der Waals surface area contributed by atoms with Gasteiger partial charge >= 0.3 is 0 Å². The van der Waals surface area contributed by atoms with Crippen LogP contribution in [0.5, 0.6) is 0 Å². The summed E-state index contributed by atoms with van der Waals surface area (Å²) < 4.78 is 5.53. The summed E-state index contributed by atoms with van der Waals surface area (Å²) in [6, 6.07) is 7.74. The number of hydrogen-bond acceptors (Lipinski definition) is 1. The van der Waals surface area contributed by atoms with E-state index < -0.39 is 0 Å². The van der Waals surface area contributed by atoms with Crippen molar-refractivity contribution in [3.8, 4) is 0 Å². The Kier molecular flexibility index (Phi) is 4.78. The van der Waals surface area contributed by atoms with Gasteiger partial charge < -0.3 is 4.74 Å². The highest BCUT2D eigenvalue weighted by Gasteiger charge is 2.08. The Labute approximate surface area is 92.2 Å². The molecule has 0 radical (unpaired) electrons. The molecular formula is C10H12BrClO. The molecule has 72 valence electrons. The summed E-state index contributed by atoms with van der Waals surface area (Å²) in [5.41, 5.74) is 1.16. The molecule has 0 N–H and O–H groups in total. The minimum atomic E-state index is 0.127. The maximum Gasteiger partial charge on any atom is 0.0921 e. The minimum absolute atomic E-state index is 0.127. The molecule has 0 heterocycles. The van der Waals surface area contributed by atoms with Crippen LogP contribution in [-0.2, 0) is 4.74 Å². The third-order valence-corrected chi connectivity index (χ3v) is 2.59. The van der Waals surface area contributed by atoms with Gasteiger partial charge in [0.2, 0.25) is 0 Å². The minimum Gasteiger partial charge on any atom is -0.373 e. The Morgan fingerprint density at radius 2 is 2.00 bits per heavy atom. The Bertz CT molecular complexity index is 248. The van der Waals surface area contributed by atoms with Crippen LogP contribution in [0.25, 0.3) is 0 Å². The molecule has 0 saturated heterocycles. The molecular weight excluding hydrogens is 251 g/mol. The number of hydrogen-bond donors (Lipinski definition) is 0. The normalized spacial score (nSPS) is 12.8. The monoisotopic (exact) mass is 262 g/mol. The molecule has 0 aliphatic carbocycles. The van der Waals surface area contributed by atoms with Gasteiger partial charge in [0.15, 0.2) is 0 Å². The lowest BCUT2D eigenvalue weighted by Crippen LogP contribution is -2.04. The average molecular weight is 264 g/mol. The molecule has 1 aromatic rings. The van der Waals surface area contributed by atoms with Crippen LogP contribution < -0.4 is 0 Å². The van der Waals surface area contributed by atoms with Crippen molar-refractivity contribution in [2.24, 2.45) is 0 Å². The summed E-state index contributed by atoms with van der Waals surface area (Å²) in [6.45, 7) is 2.71.